The van der Waals surface area contributed by atoms with E-state index in [1.807, 2.05) is 60.1 Å². The summed E-state index contributed by atoms with van der Waals surface area (Å²) in [6.07, 6.45) is 7.06. The number of imidazole rings is 1. The number of anilines is 1. The molecule has 0 fully saturated rings. The number of aromatic nitrogens is 2. The first-order valence-electron chi connectivity index (χ1n) is 8.87. The molecule has 1 amide bonds. The summed E-state index contributed by atoms with van der Waals surface area (Å²) in [5, 5.41) is 2.84. The van der Waals surface area contributed by atoms with Gasteiger partial charge in [0.05, 0.1) is 5.69 Å². The lowest BCUT2D eigenvalue weighted by Gasteiger charge is -2.04. The van der Waals surface area contributed by atoms with Crippen molar-refractivity contribution in [3.05, 3.63) is 96.1 Å². The van der Waals surface area contributed by atoms with Crippen LogP contribution < -0.4 is 5.32 Å². The summed E-state index contributed by atoms with van der Waals surface area (Å²) in [4.78, 5) is 16.8. The number of nitrogens with zero attached hydrogens (tertiary/aromatic N) is 2. The molecule has 0 unspecified atom stereocenters. The van der Waals surface area contributed by atoms with E-state index in [4.69, 9.17) is 0 Å². The van der Waals surface area contributed by atoms with E-state index in [-0.39, 0.29) is 11.7 Å². The molecule has 0 saturated heterocycles. The van der Waals surface area contributed by atoms with Gasteiger partial charge in [-0.05, 0) is 54.5 Å². The van der Waals surface area contributed by atoms with Crippen LogP contribution in [0.4, 0.5) is 10.1 Å². The van der Waals surface area contributed by atoms with Gasteiger partial charge in [-0.25, -0.2) is 9.37 Å². The summed E-state index contributed by atoms with van der Waals surface area (Å²) in [5.41, 5.74) is 5.22. The lowest BCUT2D eigenvalue weighted by atomic mass is 10.1. The monoisotopic (exact) mass is 371 g/mol. The first kappa shape index (κ1) is 17.7. The highest BCUT2D eigenvalue weighted by Gasteiger charge is 2.06. The molecule has 0 radical (unpaired) electrons. The molecule has 1 N–H and O–H groups in total. The molecule has 0 aliphatic heterocycles. The molecule has 2 aromatic heterocycles. The Balaban J connectivity index is 1.51. The Morgan fingerprint density at radius 2 is 1.89 bits per heavy atom. The van der Waals surface area contributed by atoms with E-state index in [2.05, 4.69) is 10.3 Å². The van der Waals surface area contributed by atoms with Crippen molar-refractivity contribution < 1.29 is 9.18 Å². The Labute approximate surface area is 162 Å². The first-order valence-corrected chi connectivity index (χ1v) is 8.87. The van der Waals surface area contributed by atoms with Gasteiger partial charge >= 0.3 is 0 Å². The number of benzene rings is 2. The number of nitrogens with one attached hydrogen (secondary N) is 1. The van der Waals surface area contributed by atoms with Crippen LogP contribution in [0.3, 0.4) is 0 Å². The van der Waals surface area contributed by atoms with Crippen molar-refractivity contribution in [2.45, 2.75) is 6.92 Å². The molecule has 0 atom stereocenters. The normalized spacial score (nSPS) is 11.2. The van der Waals surface area contributed by atoms with Gasteiger partial charge in [0.1, 0.15) is 11.5 Å². The molecule has 4 rings (SSSR count). The third-order valence-corrected chi connectivity index (χ3v) is 4.32. The highest BCUT2D eigenvalue weighted by atomic mass is 19.1. The van der Waals surface area contributed by atoms with Gasteiger partial charge in [-0.15, -0.1) is 0 Å². The minimum Gasteiger partial charge on any atom is -0.322 e. The second-order valence-corrected chi connectivity index (χ2v) is 6.55. The fourth-order valence-electron chi connectivity index (χ4n) is 2.93. The molecular weight excluding hydrogens is 353 g/mol. The summed E-state index contributed by atoms with van der Waals surface area (Å²) in [6, 6.07) is 17.5. The number of fused-ring (bicyclic) bond motifs is 1. The number of carbonyl (C=O) groups is 1. The van der Waals surface area contributed by atoms with Crippen LogP contribution in [0.2, 0.25) is 0 Å². The average Bonchev–Trinajstić information content (AvgIpc) is 3.11. The number of carbonyl (C=O) groups excluding carboxylic acids is 1. The molecule has 5 heteroatoms. The van der Waals surface area contributed by atoms with Crippen molar-refractivity contribution in [3.63, 3.8) is 0 Å². The molecule has 4 aromatic rings. The lowest BCUT2D eigenvalue weighted by Crippen LogP contribution is -2.07. The van der Waals surface area contributed by atoms with E-state index >= 15 is 0 Å². The fourth-order valence-corrected chi connectivity index (χ4v) is 2.93. The Morgan fingerprint density at radius 3 is 2.71 bits per heavy atom. The van der Waals surface area contributed by atoms with Crippen molar-refractivity contribution in [1.82, 2.24) is 9.38 Å². The van der Waals surface area contributed by atoms with Gasteiger partial charge in [0.2, 0.25) is 5.91 Å². The summed E-state index contributed by atoms with van der Waals surface area (Å²) < 4.78 is 14.9. The summed E-state index contributed by atoms with van der Waals surface area (Å²) >= 11 is 0. The second-order valence-electron chi connectivity index (χ2n) is 6.55. The SMILES string of the molecule is Cc1ccc2nc(-c3cccc(NC(=O)/C=C/c4ccc(F)cc4)c3)cn2c1. The average molecular weight is 371 g/mol. The number of rotatable bonds is 4. The zero-order valence-electron chi connectivity index (χ0n) is 15.3. The zero-order chi connectivity index (χ0) is 19.5. The minimum atomic E-state index is -0.305. The molecule has 0 aliphatic rings. The number of halogens is 1. The van der Waals surface area contributed by atoms with Crippen molar-refractivity contribution in [1.29, 1.82) is 0 Å². The topological polar surface area (TPSA) is 46.4 Å². The molecule has 0 saturated carbocycles. The Hall–Kier alpha value is -3.73. The molecule has 2 aromatic carbocycles. The first-order chi connectivity index (χ1) is 13.6. The van der Waals surface area contributed by atoms with Crippen molar-refractivity contribution in [3.8, 4) is 11.3 Å². The van der Waals surface area contributed by atoms with Crippen LogP contribution in [0, 0.1) is 12.7 Å². The van der Waals surface area contributed by atoms with Gasteiger partial charge in [-0.3, -0.25) is 4.79 Å². The molecule has 2 heterocycles. The van der Waals surface area contributed by atoms with Gasteiger partial charge in [-0.1, -0.05) is 30.3 Å². The molecule has 0 bridgehead atoms. The molecule has 4 nitrogen and oxygen atoms in total. The standard InChI is InChI=1S/C23H18FN3O/c1-16-5-11-22-26-21(15-27(22)14-16)18-3-2-4-20(13-18)25-23(28)12-8-17-6-9-19(24)10-7-17/h2-15H,1H3,(H,25,28)/b12-8+. The van der Waals surface area contributed by atoms with Gasteiger partial charge in [0, 0.05) is 29.7 Å². The largest absolute Gasteiger partial charge is 0.322 e. The third-order valence-electron chi connectivity index (χ3n) is 4.32. The fraction of sp³-hybridized carbons (Fsp3) is 0.0435. The lowest BCUT2D eigenvalue weighted by molar-refractivity contribution is -0.111. The van der Waals surface area contributed by atoms with E-state index in [1.54, 1.807) is 18.2 Å². The van der Waals surface area contributed by atoms with E-state index in [0.717, 1.165) is 28.0 Å². The molecule has 0 spiro atoms. The third kappa shape index (κ3) is 3.99. The predicted octanol–water partition coefficient (Wildman–Crippen LogP) is 5.10. The van der Waals surface area contributed by atoms with E-state index in [1.165, 1.54) is 18.2 Å². The number of hydrogen-bond acceptors (Lipinski definition) is 2. The summed E-state index contributed by atoms with van der Waals surface area (Å²) in [5.74, 6) is -0.562. The number of hydrogen-bond donors (Lipinski definition) is 1. The Kier molecular flexibility index (Phi) is 4.72. The number of amides is 1. The van der Waals surface area contributed by atoms with Crippen LogP contribution in [-0.2, 0) is 4.79 Å². The van der Waals surface area contributed by atoms with Crippen molar-refractivity contribution in [2.24, 2.45) is 0 Å². The maximum Gasteiger partial charge on any atom is 0.248 e. The Morgan fingerprint density at radius 1 is 1.07 bits per heavy atom. The van der Waals surface area contributed by atoms with Gasteiger partial charge < -0.3 is 9.72 Å². The quantitative estimate of drug-likeness (QED) is 0.507. The minimum absolute atomic E-state index is 0.257. The predicted molar refractivity (Wildman–Crippen MR) is 109 cm³/mol. The molecule has 0 aliphatic carbocycles. The number of pyridine rings is 1. The van der Waals surface area contributed by atoms with Crippen LogP contribution in [-0.4, -0.2) is 15.3 Å². The molecule has 28 heavy (non-hydrogen) atoms. The van der Waals surface area contributed by atoms with Crippen molar-refractivity contribution in [2.75, 3.05) is 5.32 Å². The maximum absolute atomic E-state index is 12.9. The number of aryl methyl sites for hydroxylation is 1. The maximum atomic E-state index is 12.9. The van der Waals surface area contributed by atoms with E-state index in [0.29, 0.717) is 5.69 Å². The van der Waals surface area contributed by atoms with Crippen LogP contribution >= 0.6 is 0 Å². The smallest absolute Gasteiger partial charge is 0.248 e. The van der Waals surface area contributed by atoms with E-state index < -0.39 is 0 Å². The summed E-state index contributed by atoms with van der Waals surface area (Å²) in [6.45, 7) is 2.04. The van der Waals surface area contributed by atoms with Gasteiger partial charge in [0.25, 0.3) is 0 Å². The van der Waals surface area contributed by atoms with Crippen LogP contribution in [0.5, 0.6) is 0 Å². The second kappa shape index (κ2) is 7.48. The zero-order valence-corrected chi connectivity index (χ0v) is 15.3. The van der Waals surface area contributed by atoms with Gasteiger partial charge in [0.15, 0.2) is 0 Å². The highest BCUT2D eigenvalue weighted by Crippen LogP contribution is 2.23. The molecular formula is C23H18FN3O. The highest BCUT2D eigenvalue weighted by molar-refractivity contribution is 6.02. The van der Waals surface area contributed by atoms with E-state index in [9.17, 15) is 9.18 Å². The Bertz CT molecular complexity index is 1180. The molecule has 138 valence electrons. The van der Waals surface area contributed by atoms with Crippen LogP contribution in [0.1, 0.15) is 11.1 Å². The van der Waals surface area contributed by atoms with Gasteiger partial charge in [-0.2, -0.15) is 0 Å². The summed E-state index contributed by atoms with van der Waals surface area (Å²) in [7, 11) is 0. The van der Waals surface area contributed by atoms with Crippen LogP contribution in [0.15, 0.2) is 79.1 Å². The van der Waals surface area contributed by atoms with Crippen LogP contribution in [0.25, 0.3) is 23.0 Å². The van der Waals surface area contributed by atoms with Crippen molar-refractivity contribution >= 4 is 23.3 Å².